The van der Waals surface area contributed by atoms with E-state index < -0.39 is 5.91 Å². The standard InChI is InChI=1S/C21H24ClN5O.ClH/c1-4-27(5-2)17-7-9-19(14(3)10-17)25-13-15(12-23)21(28)26-20-8-6-16(24)11-18(20)22;/h6-11,13,25H,4-5,24H2,1-3H3,(H,26,28);1H/p-1/b15-13-;. The van der Waals surface area contributed by atoms with Gasteiger partial charge in [0.25, 0.3) is 5.91 Å². The summed E-state index contributed by atoms with van der Waals surface area (Å²) in [5, 5.41) is 15.3. The molecule has 2 aromatic carbocycles. The SMILES string of the molecule is CCN(CC)c1ccc(N/C=C(/C#N)C(=O)Nc2ccc(N)cc2Cl)c(C)c1.[Cl-]. The lowest BCUT2D eigenvalue weighted by Crippen LogP contribution is -3.00. The van der Waals surface area contributed by atoms with Crippen molar-refractivity contribution in [3.05, 3.63) is 58.8 Å². The first kappa shape index (κ1) is 24.2. The summed E-state index contributed by atoms with van der Waals surface area (Å²) in [6, 6.07) is 12.7. The van der Waals surface area contributed by atoms with Crippen LogP contribution in [0.2, 0.25) is 5.02 Å². The Kier molecular flexibility index (Phi) is 9.33. The zero-order valence-electron chi connectivity index (χ0n) is 16.6. The minimum Gasteiger partial charge on any atom is -1.00 e. The molecule has 2 rings (SSSR count). The molecule has 0 radical (unpaired) electrons. The number of benzene rings is 2. The maximum absolute atomic E-state index is 12.4. The molecule has 0 aliphatic heterocycles. The van der Waals surface area contributed by atoms with E-state index in [-0.39, 0.29) is 18.0 Å². The molecular weight excluding hydrogens is 409 g/mol. The summed E-state index contributed by atoms with van der Waals surface area (Å²) in [6.07, 6.45) is 1.39. The number of rotatable bonds is 7. The van der Waals surface area contributed by atoms with Crippen LogP contribution in [0.5, 0.6) is 0 Å². The number of hydrogen-bond donors (Lipinski definition) is 3. The second-order valence-electron chi connectivity index (χ2n) is 6.18. The number of hydrogen-bond acceptors (Lipinski definition) is 5. The summed E-state index contributed by atoms with van der Waals surface area (Å²) >= 11 is 6.06. The van der Waals surface area contributed by atoms with E-state index in [9.17, 15) is 10.1 Å². The number of nitrogens with one attached hydrogen (secondary N) is 2. The molecule has 0 aromatic heterocycles. The Balaban J connectivity index is 0.00000420. The predicted octanol–water partition coefficient (Wildman–Crippen LogP) is 1.54. The number of nitrogens with two attached hydrogens (primary N) is 1. The second kappa shape index (κ2) is 11.2. The molecule has 0 saturated carbocycles. The van der Waals surface area contributed by atoms with Crippen molar-refractivity contribution < 1.29 is 17.2 Å². The molecule has 8 heteroatoms. The van der Waals surface area contributed by atoms with Crippen molar-refractivity contribution in [1.82, 2.24) is 0 Å². The van der Waals surface area contributed by atoms with Crippen molar-refractivity contribution in [2.75, 3.05) is 34.4 Å². The quantitative estimate of drug-likeness (QED) is 0.350. The van der Waals surface area contributed by atoms with Gasteiger partial charge >= 0.3 is 0 Å². The van der Waals surface area contributed by atoms with Gasteiger partial charge in [-0.3, -0.25) is 4.79 Å². The molecule has 0 atom stereocenters. The summed E-state index contributed by atoms with van der Waals surface area (Å²) in [7, 11) is 0. The Hall–Kier alpha value is -2.88. The lowest BCUT2D eigenvalue weighted by atomic mass is 10.1. The van der Waals surface area contributed by atoms with Crippen LogP contribution in [0.3, 0.4) is 0 Å². The molecule has 0 bridgehead atoms. The minimum absolute atomic E-state index is 0. The summed E-state index contributed by atoms with van der Waals surface area (Å²) in [5.74, 6) is -0.556. The Labute approximate surface area is 182 Å². The van der Waals surface area contributed by atoms with Crippen LogP contribution in [0.15, 0.2) is 48.2 Å². The third-order valence-corrected chi connectivity index (χ3v) is 4.63. The molecule has 2 aromatic rings. The van der Waals surface area contributed by atoms with E-state index in [0.29, 0.717) is 16.4 Å². The van der Waals surface area contributed by atoms with Gasteiger partial charge in [-0.1, -0.05) is 11.6 Å². The highest BCUT2D eigenvalue weighted by Crippen LogP contribution is 2.25. The van der Waals surface area contributed by atoms with Crippen molar-refractivity contribution >= 4 is 40.3 Å². The average molecular weight is 433 g/mol. The summed E-state index contributed by atoms with van der Waals surface area (Å²) in [4.78, 5) is 14.6. The number of carbonyl (C=O) groups is 1. The van der Waals surface area contributed by atoms with Gasteiger partial charge in [-0.2, -0.15) is 5.26 Å². The molecular formula is C21H24Cl2N5O-. The third-order valence-electron chi connectivity index (χ3n) is 4.32. The number of amides is 1. The monoisotopic (exact) mass is 432 g/mol. The molecule has 0 aliphatic carbocycles. The second-order valence-corrected chi connectivity index (χ2v) is 6.59. The number of anilines is 4. The van der Waals surface area contributed by atoms with Crippen molar-refractivity contribution in [3.8, 4) is 6.07 Å². The van der Waals surface area contributed by atoms with Crippen molar-refractivity contribution in [2.24, 2.45) is 0 Å². The molecule has 6 nitrogen and oxygen atoms in total. The Morgan fingerprint density at radius 1 is 1.21 bits per heavy atom. The largest absolute Gasteiger partial charge is 1.00 e. The van der Waals surface area contributed by atoms with Gasteiger partial charge in [0.2, 0.25) is 0 Å². The van der Waals surface area contributed by atoms with E-state index in [0.717, 1.165) is 30.0 Å². The first-order valence-corrected chi connectivity index (χ1v) is 9.36. The van der Waals surface area contributed by atoms with Gasteiger partial charge in [-0.25, -0.2) is 0 Å². The Bertz CT molecular complexity index is 933. The van der Waals surface area contributed by atoms with E-state index >= 15 is 0 Å². The Morgan fingerprint density at radius 3 is 2.41 bits per heavy atom. The normalized spacial score (nSPS) is 10.5. The number of nitrogens with zero attached hydrogens (tertiary/aromatic N) is 2. The van der Waals surface area contributed by atoms with Gasteiger partial charge in [0, 0.05) is 36.4 Å². The molecule has 0 spiro atoms. The molecule has 0 saturated heterocycles. The molecule has 0 aliphatic rings. The van der Waals surface area contributed by atoms with Gasteiger partial charge < -0.3 is 33.7 Å². The van der Waals surface area contributed by atoms with Gasteiger partial charge in [-0.05, 0) is 62.7 Å². The number of halogens is 2. The molecule has 0 heterocycles. The number of carbonyl (C=O) groups excluding carboxylic acids is 1. The average Bonchev–Trinajstić information content (AvgIpc) is 2.67. The van der Waals surface area contributed by atoms with Crippen LogP contribution < -0.4 is 33.7 Å². The van der Waals surface area contributed by atoms with Crippen LogP contribution in [0.1, 0.15) is 19.4 Å². The van der Waals surface area contributed by atoms with Gasteiger partial charge in [-0.15, -0.1) is 0 Å². The molecule has 4 N–H and O–H groups in total. The predicted molar refractivity (Wildman–Crippen MR) is 117 cm³/mol. The Morgan fingerprint density at radius 2 is 1.86 bits per heavy atom. The van der Waals surface area contributed by atoms with Crippen LogP contribution >= 0.6 is 11.6 Å². The highest BCUT2D eigenvalue weighted by Gasteiger charge is 2.12. The van der Waals surface area contributed by atoms with E-state index in [4.69, 9.17) is 17.3 Å². The first-order valence-electron chi connectivity index (χ1n) is 8.98. The maximum atomic E-state index is 12.4. The summed E-state index contributed by atoms with van der Waals surface area (Å²) < 4.78 is 0. The first-order chi connectivity index (χ1) is 13.4. The molecule has 0 fully saturated rings. The van der Waals surface area contributed by atoms with E-state index in [2.05, 4.69) is 35.4 Å². The van der Waals surface area contributed by atoms with E-state index in [1.165, 1.54) is 12.3 Å². The number of nitriles is 1. The van der Waals surface area contributed by atoms with Gasteiger partial charge in [0.15, 0.2) is 0 Å². The smallest absolute Gasteiger partial charge is 0.267 e. The topological polar surface area (TPSA) is 94.2 Å². The molecule has 29 heavy (non-hydrogen) atoms. The number of nitrogen functional groups attached to an aromatic ring is 1. The van der Waals surface area contributed by atoms with Crippen LogP contribution in [-0.4, -0.2) is 19.0 Å². The van der Waals surface area contributed by atoms with Crippen LogP contribution in [-0.2, 0) is 4.79 Å². The maximum Gasteiger partial charge on any atom is 0.267 e. The van der Waals surface area contributed by atoms with Crippen molar-refractivity contribution in [3.63, 3.8) is 0 Å². The lowest BCUT2D eigenvalue weighted by Gasteiger charge is -2.22. The number of aryl methyl sites for hydroxylation is 1. The van der Waals surface area contributed by atoms with Gasteiger partial charge in [0.05, 0.1) is 10.7 Å². The van der Waals surface area contributed by atoms with Crippen molar-refractivity contribution in [2.45, 2.75) is 20.8 Å². The van der Waals surface area contributed by atoms with Crippen molar-refractivity contribution in [1.29, 1.82) is 5.26 Å². The zero-order valence-corrected chi connectivity index (χ0v) is 18.1. The zero-order chi connectivity index (χ0) is 20.7. The fourth-order valence-electron chi connectivity index (χ4n) is 2.72. The van der Waals surface area contributed by atoms with Crippen LogP contribution in [0.4, 0.5) is 22.7 Å². The van der Waals surface area contributed by atoms with E-state index in [1.807, 2.05) is 25.1 Å². The van der Waals surface area contributed by atoms with E-state index in [1.54, 1.807) is 12.1 Å². The molecule has 1 amide bonds. The highest BCUT2D eigenvalue weighted by molar-refractivity contribution is 6.34. The summed E-state index contributed by atoms with van der Waals surface area (Å²) in [6.45, 7) is 8.05. The fourth-order valence-corrected chi connectivity index (χ4v) is 2.95. The van der Waals surface area contributed by atoms with Gasteiger partial charge in [0.1, 0.15) is 11.6 Å². The van der Waals surface area contributed by atoms with Crippen LogP contribution in [0.25, 0.3) is 0 Å². The molecule has 0 unspecified atom stereocenters. The van der Waals surface area contributed by atoms with Crippen LogP contribution in [0, 0.1) is 18.3 Å². The fraction of sp³-hybridized carbons (Fsp3) is 0.238. The minimum atomic E-state index is -0.556. The highest BCUT2D eigenvalue weighted by atomic mass is 35.5. The molecule has 154 valence electrons. The third kappa shape index (κ3) is 6.31. The summed E-state index contributed by atoms with van der Waals surface area (Å²) in [5.41, 5.74) is 9.42. The lowest BCUT2D eigenvalue weighted by molar-refractivity contribution is -0.112.